The Bertz CT molecular complexity index is 2100. The maximum Gasteiger partial charge on any atom is 0.417 e. The normalized spacial score (nSPS) is 12.5. The SMILES string of the molecule is C=CC(=O)Nc1ccc(Nc2c3ccc(-c4ccccc4C(F)(F)F)cc3nn2C(C)CCOC(C)(C)C(c2ccccc2)c2ccccc2)cc1. The first kappa shape index (κ1) is 36.1. The van der Waals surface area contributed by atoms with E-state index in [1.54, 1.807) is 36.4 Å². The number of alkyl halides is 3. The second-order valence-electron chi connectivity index (χ2n) is 13.3. The Morgan fingerprint density at radius 3 is 2.06 bits per heavy atom. The van der Waals surface area contributed by atoms with E-state index in [4.69, 9.17) is 9.84 Å². The Kier molecular flexibility index (Phi) is 10.6. The summed E-state index contributed by atoms with van der Waals surface area (Å²) < 4.78 is 50.4. The van der Waals surface area contributed by atoms with Gasteiger partial charge in [-0.15, -0.1) is 0 Å². The van der Waals surface area contributed by atoms with E-state index < -0.39 is 17.3 Å². The van der Waals surface area contributed by atoms with Gasteiger partial charge in [-0.3, -0.25) is 4.79 Å². The molecule has 6 rings (SSSR count). The van der Waals surface area contributed by atoms with Crippen molar-refractivity contribution in [1.82, 2.24) is 9.78 Å². The Morgan fingerprint density at radius 2 is 1.44 bits per heavy atom. The zero-order chi connectivity index (χ0) is 36.9. The molecule has 2 N–H and O–H groups in total. The minimum Gasteiger partial charge on any atom is -0.375 e. The predicted molar refractivity (Wildman–Crippen MR) is 203 cm³/mol. The number of anilines is 3. The van der Waals surface area contributed by atoms with Crippen LogP contribution in [0.25, 0.3) is 22.0 Å². The number of ether oxygens (including phenoxy) is 1. The first-order valence-corrected chi connectivity index (χ1v) is 17.2. The lowest BCUT2D eigenvalue weighted by atomic mass is 9.79. The van der Waals surface area contributed by atoms with Crippen molar-refractivity contribution in [1.29, 1.82) is 0 Å². The zero-order valence-corrected chi connectivity index (χ0v) is 29.3. The highest BCUT2D eigenvalue weighted by molar-refractivity contribution is 5.99. The highest BCUT2D eigenvalue weighted by Gasteiger charge is 2.34. The van der Waals surface area contributed by atoms with Gasteiger partial charge < -0.3 is 15.4 Å². The van der Waals surface area contributed by atoms with E-state index in [1.165, 1.54) is 18.2 Å². The number of benzene rings is 5. The van der Waals surface area contributed by atoms with Gasteiger partial charge in [0.15, 0.2) is 0 Å². The fourth-order valence-electron chi connectivity index (χ4n) is 6.65. The van der Waals surface area contributed by atoms with Crippen molar-refractivity contribution in [2.75, 3.05) is 17.2 Å². The largest absolute Gasteiger partial charge is 0.417 e. The molecular weight excluding hydrogens is 661 g/mol. The van der Waals surface area contributed by atoms with E-state index in [0.29, 0.717) is 35.6 Å². The number of carbonyl (C=O) groups excluding carboxylic acids is 1. The van der Waals surface area contributed by atoms with Crippen molar-refractivity contribution in [2.24, 2.45) is 0 Å². The molecule has 5 aromatic carbocycles. The minimum absolute atomic E-state index is 0.00745. The molecule has 0 saturated carbocycles. The van der Waals surface area contributed by atoms with Gasteiger partial charge in [-0.1, -0.05) is 91.5 Å². The summed E-state index contributed by atoms with van der Waals surface area (Å²) in [5.41, 5.74) is 3.48. The Hall–Kier alpha value is -5.67. The van der Waals surface area contributed by atoms with Crippen LogP contribution in [0.4, 0.5) is 30.4 Å². The molecule has 1 aromatic heterocycles. The average Bonchev–Trinajstić information content (AvgIpc) is 3.50. The van der Waals surface area contributed by atoms with Gasteiger partial charge in [-0.05, 0) is 98.0 Å². The zero-order valence-electron chi connectivity index (χ0n) is 29.3. The van der Waals surface area contributed by atoms with Crippen LogP contribution in [0.5, 0.6) is 0 Å². The van der Waals surface area contributed by atoms with Crippen LogP contribution in [-0.4, -0.2) is 27.9 Å². The fraction of sp³-hybridized carbons (Fsp3) is 0.209. The molecule has 1 unspecified atom stereocenters. The number of nitrogens with zero attached hydrogens (tertiary/aromatic N) is 2. The van der Waals surface area contributed by atoms with Crippen LogP contribution >= 0.6 is 0 Å². The Balaban J connectivity index is 1.30. The number of rotatable bonds is 13. The predicted octanol–water partition coefficient (Wildman–Crippen LogP) is 11.2. The standard InChI is InChI=1S/C43H41F3N4O2/c1-5-39(51)47-33-21-23-34(24-22-33)48-41-36-25-20-32(35-18-12-13-19-37(35)43(44,45)46)28-38(36)49-50(41)29(2)26-27-52-42(3,4)40(30-14-8-6-9-15-30)31-16-10-7-11-17-31/h5-25,28-29,40,48H,1,26-27H2,2-4H3,(H,47,51). The number of hydrogen-bond acceptors (Lipinski definition) is 4. The first-order valence-electron chi connectivity index (χ1n) is 17.2. The number of amides is 1. The average molecular weight is 703 g/mol. The Morgan fingerprint density at radius 1 is 0.846 bits per heavy atom. The molecule has 1 amide bonds. The lowest BCUT2D eigenvalue weighted by Crippen LogP contribution is -2.34. The van der Waals surface area contributed by atoms with Crippen molar-refractivity contribution in [2.45, 2.75) is 50.9 Å². The molecule has 6 aromatic rings. The first-order chi connectivity index (χ1) is 24.9. The number of hydrogen-bond donors (Lipinski definition) is 2. The molecule has 0 spiro atoms. The van der Waals surface area contributed by atoms with Crippen LogP contribution < -0.4 is 10.6 Å². The molecule has 0 saturated heterocycles. The number of aromatic nitrogens is 2. The van der Waals surface area contributed by atoms with Crippen molar-refractivity contribution >= 4 is 34.0 Å². The van der Waals surface area contributed by atoms with Crippen molar-refractivity contribution < 1.29 is 22.7 Å². The monoisotopic (exact) mass is 702 g/mol. The molecule has 266 valence electrons. The molecule has 0 bridgehead atoms. The molecule has 1 atom stereocenters. The highest BCUT2D eigenvalue weighted by Crippen LogP contribution is 2.40. The van der Waals surface area contributed by atoms with Crippen LogP contribution in [0.2, 0.25) is 0 Å². The number of fused-ring (bicyclic) bond motifs is 1. The molecule has 6 nitrogen and oxygen atoms in total. The summed E-state index contributed by atoms with van der Waals surface area (Å²) in [6.07, 6.45) is -2.69. The van der Waals surface area contributed by atoms with Gasteiger partial charge in [-0.2, -0.15) is 18.3 Å². The van der Waals surface area contributed by atoms with Crippen molar-refractivity contribution in [3.8, 4) is 11.1 Å². The van der Waals surface area contributed by atoms with E-state index in [1.807, 2.05) is 60.1 Å². The third-order valence-corrected chi connectivity index (χ3v) is 9.23. The molecule has 1 heterocycles. The maximum atomic E-state index is 14.0. The molecule has 0 aliphatic rings. The van der Waals surface area contributed by atoms with E-state index in [0.717, 1.165) is 28.3 Å². The van der Waals surface area contributed by atoms with Gasteiger partial charge in [0.1, 0.15) is 5.82 Å². The second-order valence-corrected chi connectivity index (χ2v) is 13.3. The maximum absolute atomic E-state index is 14.0. The van der Waals surface area contributed by atoms with Gasteiger partial charge in [-0.25, -0.2) is 4.68 Å². The molecule has 52 heavy (non-hydrogen) atoms. The molecule has 0 fully saturated rings. The summed E-state index contributed by atoms with van der Waals surface area (Å²) in [5.74, 6) is 0.365. The minimum atomic E-state index is -4.50. The molecule has 0 aliphatic carbocycles. The molecular formula is C43H41F3N4O2. The summed E-state index contributed by atoms with van der Waals surface area (Å²) in [7, 11) is 0. The van der Waals surface area contributed by atoms with Crippen LogP contribution in [0.1, 0.15) is 55.8 Å². The third-order valence-electron chi connectivity index (χ3n) is 9.23. The summed E-state index contributed by atoms with van der Waals surface area (Å²) in [5, 5.41) is 11.9. The lowest BCUT2D eigenvalue weighted by molar-refractivity contribution is -0.137. The highest BCUT2D eigenvalue weighted by atomic mass is 19.4. The summed E-state index contributed by atoms with van der Waals surface area (Å²) in [6, 6.07) is 38.5. The van der Waals surface area contributed by atoms with Crippen LogP contribution in [-0.2, 0) is 15.7 Å². The number of carbonyl (C=O) groups is 1. The fourth-order valence-corrected chi connectivity index (χ4v) is 6.65. The lowest BCUT2D eigenvalue weighted by Gasteiger charge is -2.36. The summed E-state index contributed by atoms with van der Waals surface area (Å²) >= 11 is 0. The topological polar surface area (TPSA) is 68.2 Å². The third kappa shape index (κ3) is 8.11. The van der Waals surface area contributed by atoms with Crippen LogP contribution in [0.15, 0.2) is 140 Å². The van der Waals surface area contributed by atoms with E-state index in [2.05, 4.69) is 55.3 Å². The van der Waals surface area contributed by atoms with Gasteiger partial charge in [0.2, 0.25) is 5.91 Å². The van der Waals surface area contributed by atoms with E-state index in [9.17, 15) is 18.0 Å². The summed E-state index contributed by atoms with van der Waals surface area (Å²) in [6.45, 7) is 10.2. The second kappa shape index (κ2) is 15.3. The molecule has 9 heteroatoms. The van der Waals surface area contributed by atoms with Gasteiger partial charge in [0.25, 0.3) is 0 Å². The van der Waals surface area contributed by atoms with Crippen molar-refractivity contribution in [3.63, 3.8) is 0 Å². The number of halogens is 3. The van der Waals surface area contributed by atoms with E-state index >= 15 is 0 Å². The molecule has 0 radical (unpaired) electrons. The molecule has 0 aliphatic heterocycles. The number of nitrogens with one attached hydrogen (secondary N) is 2. The van der Waals surface area contributed by atoms with Crippen LogP contribution in [0.3, 0.4) is 0 Å². The van der Waals surface area contributed by atoms with E-state index in [-0.39, 0.29) is 23.4 Å². The van der Waals surface area contributed by atoms with Gasteiger partial charge in [0, 0.05) is 29.3 Å². The Labute approximate surface area is 302 Å². The van der Waals surface area contributed by atoms with Gasteiger partial charge >= 0.3 is 6.18 Å². The van der Waals surface area contributed by atoms with Crippen LogP contribution in [0, 0.1) is 0 Å². The quantitative estimate of drug-likeness (QED) is 0.118. The smallest absolute Gasteiger partial charge is 0.375 e. The van der Waals surface area contributed by atoms with Crippen molar-refractivity contribution in [3.05, 3.63) is 157 Å². The summed E-state index contributed by atoms with van der Waals surface area (Å²) in [4.78, 5) is 11.8. The van der Waals surface area contributed by atoms with Gasteiger partial charge in [0.05, 0.1) is 22.7 Å².